The highest BCUT2D eigenvalue weighted by atomic mass is 32.2. The lowest BCUT2D eigenvalue weighted by Crippen LogP contribution is -2.24. The van der Waals surface area contributed by atoms with Gasteiger partial charge < -0.3 is 4.90 Å². The molecule has 30 heavy (non-hydrogen) atoms. The third-order valence-corrected chi connectivity index (χ3v) is 6.68. The summed E-state index contributed by atoms with van der Waals surface area (Å²) in [5.74, 6) is 1.19. The molecular formula is C24H26N4OS. The lowest BCUT2D eigenvalue weighted by atomic mass is 9.83. The molecule has 0 spiro atoms. The highest BCUT2D eigenvalue weighted by Crippen LogP contribution is 2.46. The molecule has 1 aliphatic rings. The monoisotopic (exact) mass is 418 g/mol. The standard InChI is InChI=1S/C24H26N4OS/c1-16-10-6-8-12-20(16)28-17(2)25-26-23(28)30-15-18(29)14-22-24(3,4)19-11-7-9-13-21(19)27(22)5/h6-14H,15H2,1-5H3/b22-14-. The van der Waals surface area contributed by atoms with Gasteiger partial charge in [-0.05, 0) is 37.1 Å². The summed E-state index contributed by atoms with van der Waals surface area (Å²) in [6.07, 6.45) is 1.79. The van der Waals surface area contributed by atoms with Crippen molar-refractivity contribution in [2.24, 2.45) is 0 Å². The van der Waals surface area contributed by atoms with E-state index < -0.39 is 0 Å². The molecule has 0 bridgehead atoms. The molecule has 0 saturated carbocycles. The molecule has 1 aliphatic heterocycles. The summed E-state index contributed by atoms with van der Waals surface area (Å²) in [5.41, 5.74) is 5.40. The van der Waals surface area contributed by atoms with Crippen molar-refractivity contribution in [1.29, 1.82) is 0 Å². The third-order valence-electron chi connectivity index (χ3n) is 5.73. The first kappa shape index (κ1) is 20.4. The quantitative estimate of drug-likeness (QED) is 0.438. The molecule has 3 aromatic rings. The van der Waals surface area contributed by atoms with Gasteiger partial charge in [-0.1, -0.05) is 62.0 Å². The van der Waals surface area contributed by atoms with Crippen molar-refractivity contribution < 1.29 is 4.79 Å². The van der Waals surface area contributed by atoms with Crippen molar-refractivity contribution in [1.82, 2.24) is 14.8 Å². The minimum absolute atomic E-state index is 0.0692. The zero-order valence-electron chi connectivity index (χ0n) is 18.0. The molecule has 0 radical (unpaired) electrons. The zero-order valence-corrected chi connectivity index (χ0v) is 18.8. The number of benzene rings is 2. The molecule has 6 heteroatoms. The van der Waals surface area contributed by atoms with Crippen LogP contribution in [0.15, 0.2) is 65.5 Å². The molecule has 1 aromatic heterocycles. The molecule has 2 heterocycles. The van der Waals surface area contributed by atoms with Crippen molar-refractivity contribution in [3.05, 3.63) is 77.3 Å². The third kappa shape index (κ3) is 3.45. The van der Waals surface area contributed by atoms with Gasteiger partial charge in [0, 0.05) is 29.9 Å². The number of para-hydroxylation sites is 2. The summed E-state index contributed by atoms with van der Waals surface area (Å²) in [6.45, 7) is 8.33. The lowest BCUT2D eigenvalue weighted by molar-refractivity contribution is -0.112. The second-order valence-corrected chi connectivity index (χ2v) is 9.08. The number of hydrogen-bond donors (Lipinski definition) is 0. The minimum Gasteiger partial charge on any atom is -0.347 e. The van der Waals surface area contributed by atoms with Gasteiger partial charge in [-0.2, -0.15) is 0 Å². The Morgan fingerprint density at radius 1 is 1.03 bits per heavy atom. The number of carbonyl (C=O) groups excluding carboxylic acids is 1. The van der Waals surface area contributed by atoms with Gasteiger partial charge in [0.1, 0.15) is 5.82 Å². The Morgan fingerprint density at radius 3 is 2.40 bits per heavy atom. The summed E-state index contributed by atoms with van der Waals surface area (Å²) in [4.78, 5) is 15.0. The first-order chi connectivity index (χ1) is 14.3. The van der Waals surface area contributed by atoms with Crippen LogP contribution in [0.25, 0.3) is 5.69 Å². The Hall–Kier alpha value is -2.86. The van der Waals surface area contributed by atoms with Gasteiger partial charge in [-0.25, -0.2) is 0 Å². The average molecular weight is 419 g/mol. The molecule has 0 aliphatic carbocycles. The van der Waals surface area contributed by atoms with Crippen LogP contribution in [0.3, 0.4) is 0 Å². The number of thioether (sulfide) groups is 1. The molecule has 0 fully saturated rings. The summed E-state index contributed by atoms with van der Waals surface area (Å²) < 4.78 is 2.02. The number of fused-ring (bicyclic) bond motifs is 1. The topological polar surface area (TPSA) is 51.0 Å². The Morgan fingerprint density at radius 2 is 1.70 bits per heavy atom. The van der Waals surface area contributed by atoms with Gasteiger partial charge in [0.2, 0.25) is 0 Å². The van der Waals surface area contributed by atoms with E-state index in [4.69, 9.17) is 0 Å². The second kappa shape index (κ2) is 7.76. The molecular weight excluding hydrogens is 392 g/mol. The predicted octanol–water partition coefficient (Wildman–Crippen LogP) is 4.86. The van der Waals surface area contributed by atoms with Crippen LogP contribution in [0, 0.1) is 13.8 Å². The Balaban J connectivity index is 1.56. The number of ketones is 1. The normalized spacial score (nSPS) is 16.2. The van der Waals surface area contributed by atoms with Crippen molar-refractivity contribution >= 4 is 23.2 Å². The molecule has 2 aromatic carbocycles. The van der Waals surface area contributed by atoms with Crippen LogP contribution in [0.5, 0.6) is 0 Å². The van der Waals surface area contributed by atoms with Crippen LogP contribution < -0.4 is 4.90 Å². The van der Waals surface area contributed by atoms with Gasteiger partial charge in [0.25, 0.3) is 0 Å². The summed E-state index contributed by atoms with van der Waals surface area (Å²) in [7, 11) is 2.03. The molecule has 0 N–H and O–H groups in total. The largest absolute Gasteiger partial charge is 0.347 e. The van der Waals surface area contributed by atoms with E-state index in [9.17, 15) is 4.79 Å². The maximum atomic E-state index is 12.9. The van der Waals surface area contributed by atoms with E-state index in [1.54, 1.807) is 6.08 Å². The first-order valence-corrected chi connectivity index (χ1v) is 11.0. The van der Waals surface area contributed by atoms with Gasteiger partial charge in [0.15, 0.2) is 10.9 Å². The molecule has 5 nitrogen and oxygen atoms in total. The highest BCUT2D eigenvalue weighted by molar-refractivity contribution is 7.99. The van der Waals surface area contributed by atoms with E-state index in [-0.39, 0.29) is 11.2 Å². The molecule has 4 rings (SSSR count). The molecule has 154 valence electrons. The fraction of sp³-hybridized carbons (Fsp3) is 0.292. The van der Waals surface area contributed by atoms with E-state index in [0.29, 0.717) is 5.75 Å². The smallest absolute Gasteiger partial charge is 0.196 e. The molecule has 0 saturated heterocycles. The Labute approximate surface area is 181 Å². The number of likely N-dealkylation sites (N-methyl/N-ethyl adjacent to an activating group) is 1. The predicted molar refractivity (Wildman–Crippen MR) is 123 cm³/mol. The van der Waals surface area contributed by atoms with Crippen LogP contribution in [0.1, 0.15) is 30.8 Å². The van der Waals surface area contributed by atoms with Crippen molar-refractivity contribution in [3.63, 3.8) is 0 Å². The van der Waals surface area contributed by atoms with Crippen LogP contribution in [0.2, 0.25) is 0 Å². The summed E-state index contributed by atoms with van der Waals surface area (Å²) in [6, 6.07) is 16.5. The highest BCUT2D eigenvalue weighted by Gasteiger charge is 2.38. The number of aryl methyl sites for hydroxylation is 2. The fourth-order valence-corrected chi connectivity index (χ4v) is 4.93. The number of allylic oxidation sites excluding steroid dienone is 2. The molecule has 0 unspecified atom stereocenters. The Bertz CT molecular complexity index is 1150. The van der Waals surface area contributed by atoms with Crippen molar-refractivity contribution in [2.45, 2.75) is 38.3 Å². The average Bonchev–Trinajstić information content (AvgIpc) is 3.18. The van der Waals surface area contributed by atoms with Crippen molar-refractivity contribution in [3.8, 4) is 5.69 Å². The van der Waals surface area contributed by atoms with Crippen molar-refractivity contribution in [2.75, 3.05) is 17.7 Å². The van der Waals surface area contributed by atoms with Crippen LogP contribution in [-0.2, 0) is 10.2 Å². The number of rotatable bonds is 5. The number of carbonyl (C=O) groups is 1. The van der Waals surface area contributed by atoms with Crippen LogP contribution >= 0.6 is 11.8 Å². The SMILES string of the molecule is Cc1ccccc1-n1c(C)nnc1SCC(=O)/C=C1\N(C)c2ccccc2C1(C)C. The molecule has 0 atom stereocenters. The number of hydrogen-bond acceptors (Lipinski definition) is 5. The van der Waals surface area contributed by atoms with E-state index in [0.717, 1.165) is 33.6 Å². The summed E-state index contributed by atoms with van der Waals surface area (Å²) >= 11 is 1.42. The number of aromatic nitrogens is 3. The van der Waals surface area contributed by atoms with Crippen LogP contribution in [-0.4, -0.2) is 33.3 Å². The van der Waals surface area contributed by atoms with Gasteiger partial charge in [-0.15, -0.1) is 10.2 Å². The van der Waals surface area contributed by atoms with E-state index in [1.165, 1.54) is 17.3 Å². The Kier molecular flexibility index (Phi) is 5.28. The zero-order chi connectivity index (χ0) is 21.5. The van der Waals surface area contributed by atoms with E-state index >= 15 is 0 Å². The maximum absolute atomic E-state index is 12.9. The van der Waals surface area contributed by atoms with Gasteiger partial charge in [-0.3, -0.25) is 9.36 Å². The first-order valence-electron chi connectivity index (χ1n) is 9.99. The van der Waals surface area contributed by atoms with Gasteiger partial charge >= 0.3 is 0 Å². The van der Waals surface area contributed by atoms with E-state index in [1.807, 2.05) is 42.8 Å². The minimum atomic E-state index is -0.205. The second-order valence-electron chi connectivity index (χ2n) is 8.14. The number of anilines is 1. The van der Waals surface area contributed by atoms with Gasteiger partial charge in [0.05, 0.1) is 11.4 Å². The maximum Gasteiger partial charge on any atom is 0.196 e. The lowest BCUT2D eigenvalue weighted by Gasteiger charge is -2.23. The van der Waals surface area contributed by atoms with Crippen LogP contribution in [0.4, 0.5) is 5.69 Å². The summed E-state index contributed by atoms with van der Waals surface area (Å²) in [5, 5.41) is 9.27. The molecule has 0 amide bonds. The fourth-order valence-electron chi connectivity index (χ4n) is 4.12. The number of nitrogens with zero attached hydrogens (tertiary/aromatic N) is 4. The van der Waals surface area contributed by atoms with E-state index in [2.05, 4.69) is 60.1 Å².